The van der Waals surface area contributed by atoms with Gasteiger partial charge in [0.15, 0.2) is 5.69 Å². The van der Waals surface area contributed by atoms with Crippen LogP contribution in [0.2, 0.25) is 5.02 Å². The number of halogens is 1. The van der Waals surface area contributed by atoms with E-state index < -0.39 is 29.5 Å². The van der Waals surface area contributed by atoms with Crippen molar-refractivity contribution in [3.63, 3.8) is 0 Å². The third-order valence-corrected chi connectivity index (χ3v) is 13.9. The molecule has 3 aromatic heterocycles. The van der Waals surface area contributed by atoms with Crippen LogP contribution in [0.15, 0.2) is 71.5 Å². The molecule has 0 unspecified atom stereocenters. The Hall–Kier alpha value is -6.19. The molecule has 0 spiro atoms. The fraction of sp³-hybridized carbons (Fsp3) is 0.469. The number of piperazine rings is 1. The van der Waals surface area contributed by atoms with Gasteiger partial charge < -0.3 is 36.5 Å². The van der Waals surface area contributed by atoms with Crippen LogP contribution in [-0.2, 0) is 25.8 Å². The van der Waals surface area contributed by atoms with Gasteiger partial charge in [-0.25, -0.2) is 4.98 Å². The van der Waals surface area contributed by atoms with Gasteiger partial charge >= 0.3 is 0 Å². The van der Waals surface area contributed by atoms with Gasteiger partial charge in [0.05, 0.1) is 63.4 Å². The van der Waals surface area contributed by atoms with Crippen molar-refractivity contribution in [2.24, 2.45) is 10.6 Å². The Labute approximate surface area is 417 Å². The molecule has 2 aliphatic heterocycles. The zero-order valence-electron chi connectivity index (χ0n) is 40.7. The number of aliphatic hydroxyl groups excluding tert-OH is 1. The van der Waals surface area contributed by atoms with Gasteiger partial charge in [-0.2, -0.15) is 10.2 Å². The molecule has 2 fully saturated rings. The van der Waals surface area contributed by atoms with E-state index in [0.29, 0.717) is 68.0 Å². The first-order valence-corrected chi connectivity index (χ1v) is 24.7. The van der Waals surface area contributed by atoms with Crippen molar-refractivity contribution >= 4 is 58.0 Å². The van der Waals surface area contributed by atoms with Crippen LogP contribution in [0, 0.1) is 12.3 Å². The number of aromatic amines is 1. The molecule has 5 heterocycles. The molecule has 0 bridgehead atoms. The highest BCUT2D eigenvalue weighted by Crippen LogP contribution is 2.30. The molecule has 21 heteroatoms. The number of nitrogens with two attached hydrogens (primary N) is 1. The second kappa shape index (κ2) is 22.7. The van der Waals surface area contributed by atoms with E-state index in [1.165, 1.54) is 4.90 Å². The number of hydrogen-bond acceptors (Lipinski definition) is 14. The van der Waals surface area contributed by atoms with E-state index in [4.69, 9.17) is 22.2 Å². The molecule has 2 saturated heterocycles. The number of anilines is 1. The number of nitrogen functional groups attached to an aromatic ring is 1. The lowest BCUT2D eigenvalue weighted by molar-refractivity contribution is -0.144. The summed E-state index contributed by atoms with van der Waals surface area (Å²) in [6.07, 6.45) is 1.07. The average Bonchev–Trinajstić information content (AvgIpc) is 4.16. The second-order valence-corrected chi connectivity index (χ2v) is 20.5. The summed E-state index contributed by atoms with van der Waals surface area (Å²) in [5, 5.41) is 36.0. The summed E-state index contributed by atoms with van der Waals surface area (Å²) in [4.78, 5) is 71.2. The summed E-state index contributed by atoms with van der Waals surface area (Å²) >= 11 is 7.75. The Balaban J connectivity index is 0.818. The SMILES string of the molecule is C/C(=N\OCCN1CCN(CC(=O)N[C@H](C(=O)N2C[C@H](O)C[C@H]2C(=O)N[C@@H](C)c2ccc(-c3scnc3C)cc2)C(C)(C)C)CC1)c1cc(C(=O)N[C@@H](C)Cn2ccc(-c3ccc(N)c(Cl)c3)n2)n[nH]1. The maximum Gasteiger partial charge on any atom is 0.272 e. The van der Waals surface area contributed by atoms with Crippen molar-refractivity contribution in [1.82, 2.24) is 55.6 Å². The number of rotatable bonds is 18. The highest BCUT2D eigenvalue weighted by atomic mass is 35.5. The number of H-pyrrole nitrogens is 1. The smallest absolute Gasteiger partial charge is 0.272 e. The molecule has 7 N–H and O–H groups in total. The fourth-order valence-electron chi connectivity index (χ4n) is 8.51. The van der Waals surface area contributed by atoms with Crippen LogP contribution in [0.25, 0.3) is 21.7 Å². The molecule has 2 aliphatic rings. The first-order valence-electron chi connectivity index (χ1n) is 23.5. The normalized spacial score (nSPS) is 18.3. The third-order valence-electron chi connectivity index (χ3n) is 12.6. The second-order valence-electron chi connectivity index (χ2n) is 19.2. The number of oxime groups is 1. The maximum atomic E-state index is 14.2. The van der Waals surface area contributed by atoms with Crippen LogP contribution in [0.3, 0.4) is 0 Å². The van der Waals surface area contributed by atoms with E-state index in [1.54, 1.807) is 41.1 Å². The van der Waals surface area contributed by atoms with Crippen molar-refractivity contribution in [3.05, 3.63) is 94.0 Å². The lowest BCUT2D eigenvalue weighted by Gasteiger charge is -2.37. The number of nitrogens with one attached hydrogen (secondary N) is 4. The van der Waals surface area contributed by atoms with E-state index in [2.05, 4.69) is 46.3 Å². The number of aromatic nitrogens is 5. The number of benzene rings is 2. The fourth-order valence-corrected chi connectivity index (χ4v) is 9.50. The van der Waals surface area contributed by atoms with Crippen LogP contribution in [0.5, 0.6) is 0 Å². The highest BCUT2D eigenvalue weighted by Gasteiger charge is 2.45. The number of likely N-dealkylation sites (tertiary alicyclic amines) is 1. The number of carbonyl (C=O) groups excluding carboxylic acids is 4. The maximum absolute atomic E-state index is 14.2. The van der Waals surface area contributed by atoms with E-state index in [-0.39, 0.29) is 55.0 Å². The summed E-state index contributed by atoms with van der Waals surface area (Å²) in [6, 6.07) is 14.4. The van der Waals surface area contributed by atoms with Crippen molar-refractivity contribution in [2.75, 3.05) is 58.2 Å². The molecule has 0 radical (unpaired) electrons. The minimum atomic E-state index is -0.923. The number of aliphatic hydroxyl groups is 1. The Morgan fingerprint density at radius 3 is 2.40 bits per heavy atom. The quantitative estimate of drug-likeness (QED) is 0.0308. The molecule has 7 rings (SSSR count). The van der Waals surface area contributed by atoms with Gasteiger partial charge in [0.1, 0.15) is 24.4 Å². The van der Waals surface area contributed by atoms with E-state index >= 15 is 0 Å². The van der Waals surface area contributed by atoms with Crippen molar-refractivity contribution in [3.8, 4) is 21.7 Å². The molecule has 4 amide bonds. The first kappa shape index (κ1) is 51.7. The van der Waals surface area contributed by atoms with Gasteiger partial charge in [-0.1, -0.05) is 67.9 Å². The van der Waals surface area contributed by atoms with Crippen LogP contribution in [0.1, 0.15) is 81.4 Å². The summed E-state index contributed by atoms with van der Waals surface area (Å²) in [5.41, 5.74) is 13.3. The largest absolute Gasteiger partial charge is 0.398 e. The van der Waals surface area contributed by atoms with Gasteiger partial charge in [0.25, 0.3) is 5.91 Å². The third kappa shape index (κ3) is 13.2. The summed E-state index contributed by atoms with van der Waals surface area (Å²) in [6.45, 7) is 17.3. The van der Waals surface area contributed by atoms with Crippen LogP contribution >= 0.6 is 22.9 Å². The molecule has 0 aliphatic carbocycles. The van der Waals surface area contributed by atoms with Crippen LogP contribution in [0.4, 0.5) is 5.69 Å². The Morgan fingerprint density at radius 1 is 1.00 bits per heavy atom. The highest BCUT2D eigenvalue weighted by molar-refractivity contribution is 7.13. The number of carbonyl (C=O) groups is 4. The number of hydrogen-bond donors (Lipinski definition) is 6. The molecule has 5 aromatic rings. The van der Waals surface area contributed by atoms with Gasteiger partial charge in [0, 0.05) is 63.5 Å². The number of nitrogens with zero attached hydrogens (tertiary/aromatic N) is 8. The molecule has 70 heavy (non-hydrogen) atoms. The van der Waals surface area contributed by atoms with Crippen molar-refractivity contribution in [2.45, 2.75) is 91.7 Å². The number of aryl methyl sites for hydroxylation is 1. The molecular weight excluding hydrogens is 934 g/mol. The summed E-state index contributed by atoms with van der Waals surface area (Å²) < 4.78 is 1.75. The Kier molecular flexibility index (Phi) is 16.8. The lowest BCUT2D eigenvalue weighted by atomic mass is 9.85. The zero-order chi connectivity index (χ0) is 50.3. The minimum Gasteiger partial charge on any atom is -0.398 e. The van der Waals surface area contributed by atoms with Crippen molar-refractivity contribution < 1.29 is 29.1 Å². The van der Waals surface area contributed by atoms with Gasteiger partial charge in [-0.05, 0) is 68.5 Å². The minimum absolute atomic E-state index is 0.00370. The average molecular weight is 999 g/mol. The van der Waals surface area contributed by atoms with Crippen LogP contribution < -0.4 is 21.7 Å². The van der Waals surface area contributed by atoms with E-state index in [1.807, 2.05) is 94.5 Å². The summed E-state index contributed by atoms with van der Waals surface area (Å²) in [7, 11) is 0. The predicted octanol–water partition coefficient (Wildman–Crippen LogP) is 4.49. The first-order chi connectivity index (χ1) is 33.3. The lowest BCUT2D eigenvalue weighted by Crippen LogP contribution is -2.59. The Morgan fingerprint density at radius 2 is 1.71 bits per heavy atom. The zero-order valence-corrected chi connectivity index (χ0v) is 42.3. The molecule has 19 nitrogen and oxygen atoms in total. The molecular formula is C49H64ClN13O6S. The summed E-state index contributed by atoms with van der Waals surface area (Å²) in [5.74, 6) is -1.39. The number of β-amino-alcohol motifs (C(OH)–C–C–N with tert-alkyl or cyclic N) is 1. The molecule has 374 valence electrons. The number of amides is 4. The topological polar surface area (TPSA) is 241 Å². The Bertz CT molecular complexity index is 2650. The van der Waals surface area contributed by atoms with E-state index in [9.17, 15) is 24.3 Å². The number of thiazole rings is 1. The monoisotopic (exact) mass is 997 g/mol. The predicted molar refractivity (Wildman–Crippen MR) is 270 cm³/mol. The standard InChI is InChI=1S/C49H64ClN13O6S/c1-29(25-62-15-14-39(58-62)35-12-13-38(51)37(50)22-35)53-46(66)41-24-40(56-57-41)31(3)59-69-21-20-60-16-18-61(19-17-60)27-43(65)55-45(49(5,6)7)48(68)63-26-36(64)23-42(63)47(67)54-30(2)33-8-10-34(11-9-33)44-32(4)52-28-70-44/h8-15,22,24,28-30,36,42,45,64H,16-21,23,25-27,51H2,1-7H3,(H,53,66)(H,54,67)(H,55,65)(H,56,57)/b59-31+/t29-,30-,36+,42-,45+/m0/s1. The molecule has 0 saturated carbocycles. The van der Waals surface area contributed by atoms with Crippen LogP contribution in [-0.4, -0.2) is 151 Å². The molecule has 5 atom stereocenters. The van der Waals surface area contributed by atoms with E-state index in [0.717, 1.165) is 33.0 Å². The van der Waals surface area contributed by atoms with Crippen molar-refractivity contribution in [1.29, 1.82) is 0 Å². The van der Waals surface area contributed by atoms with Gasteiger partial charge in [0.2, 0.25) is 17.7 Å². The molecule has 2 aromatic carbocycles. The van der Waals surface area contributed by atoms with Gasteiger partial charge in [-0.15, -0.1) is 11.3 Å². The van der Waals surface area contributed by atoms with Gasteiger partial charge in [-0.3, -0.25) is 38.8 Å².